The molecule has 0 saturated carbocycles. The second-order valence-corrected chi connectivity index (χ2v) is 10.6. The molecule has 46 heavy (non-hydrogen) atoms. The number of ether oxygens (including phenoxy) is 4. The van der Waals surface area contributed by atoms with Crippen LogP contribution in [0.25, 0.3) is 22.3 Å². The van der Waals surface area contributed by atoms with Gasteiger partial charge in [-0.1, -0.05) is 109 Å². The van der Waals surface area contributed by atoms with Crippen LogP contribution in [0.1, 0.15) is 22.3 Å². The molecular weight excluding hydrogens is 574 g/mol. The predicted octanol–water partition coefficient (Wildman–Crippen LogP) is 7.36. The van der Waals surface area contributed by atoms with Gasteiger partial charge in [0.15, 0.2) is 0 Å². The molecule has 0 amide bonds. The summed E-state index contributed by atoms with van der Waals surface area (Å²) in [5.74, 6) is 0.783. The summed E-state index contributed by atoms with van der Waals surface area (Å²) in [6.45, 7) is 3.16. The molecule has 3 N–H and O–H groups in total. The van der Waals surface area contributed by atoms with Gasteiger partial charge in [-0.15, -0.1) is 0 Å². The molecule has 0 bridgehead atoms. The van der Waals surface area contributed by atoms with Crippen LogP contribution in [0.4, 0.5) is 5.69 Å². The number of aliphatic hydroxyl groups is 1. The van der Waals surface area contributed by atoms with Gasteiger partial charge in [-0.25, -0.2) is 0 Å². The van der Waals surface area contributed by atoms with Gasteiger partial charge in [0, 0.05) is 5.69 Å². The first-order valence-electron chi connectivity index (χ1n) is 15.6. The molecule has 0 saturated heterocycles. The molecule has 0 heterocycles. The number of benzene rings is 5. The Labute approximate surface area is 271 Å². The normalized spacial score (nSPS) is 11.7. The van der Waals surface area contributed by atoms with Crippen molar-refractivity contribution < 1.29 is 24.1 Å². The Hall–Kier alpha value is -4.72. The Balaban J connectivity index is 1.34. The number of anilines is 1. The van der Waals surface area contributed by atoms with Gasteiger partial charge >= 0.3 is 0 Å². The van der Waals surface area contributed by atoms with Gasteiger partial charge in [0.2, 0.25) is 0 Å². The monoisotopic (exact) mass is 615 g/mol. The molecule has 6 nitrogen and oxygen atoms in total. The lowest BCUT2D eigenvalue weighted by Gasteiger charge is -2.19. The summed E-state index contributed by atoms with van der Waals surface area (Å²) >= 11 is 0. The first kappa shape index (κ1) is 32.7. The molecule has 0 fully saturated rings. The van der Waals surface area contributed by atoms with E-state index in [-0.39, 0.29) is 6.61 Å². The van der Waals surface area contributed by atoms with Gasteiger partial charge in [-0.3, -0.25) is 0 Å². The fourth-order valence-corrected chi connectivity index (χ4v) is 5.17. The fourth-order valence-electron chi connectivity index (χ4n) is 5.17. The molecule has 5 aromatic rings. The highest BCUT2D eigenvalue weighted by molar-refractivity contribution is 6.04. The third-order valence-corrected chi connectivity index (χ3v) is 7.41. The van der Waals surface area contributed by atoms with Crippen LogP contribution in [0, 0.1) is 0 Å². The van der Waals surface area contributed by atoms with E-state index in [1.165, 1.54) is 0 Å². The van der Waals surface area contributed by atoms with Gasteiger partial charge in [-0.05, 0) is 68.8 Å². The summed E-state index contributed by atoms with van der Waals surface area (Å²) in [6.07, 6.45) is 0. The van der Waals surface area contributed by atoms with Crippen molar-refractivity contribution in [1.82, 2.24) is 0 Å². The first-order chi connectivity index (χ1) is 22.7. The molecule has 5 aromatic carbocycles. The zero-order valence-corrected chi connectivity index (χ0v) is 26.0. The van der Waals surface area contributed by atoms with E-state index in [0.29, 0.717) is 46.2 Å². The second kappa shape index (κ2) is 17.7. The largest absolute Gasteiger partial charge is 0.491 e. The van der Waals surface area contributed by atoms with Crippen molar-refractivity contribution >= 4 is 16.8 Å². The first-order valence-corrected chi connectivity index (χ1v) is 15.6. The number of nitrogens with two attached hydrogens (primary N) is 1. The molecule has 0 atom stereocenters. The number of hydrogen-bond donors (Lipinski definition) is 2. The van der Waals surface area contributed by atoms with Crippen LogP contribution in [0.3, 0.4) is 0 Å². The summed E-state index contributed by atoms with van der Waals surface area (Å²) < 4.78 is 22.2. The van der Waals surface area contributed by atoms with Gasteiger partial charge < -0.3 is 29.8 Å². The molecule has 236 valence electrons. The van der Waals surface area contributed by atoms with E-state index >= 15 is 0 Å². The lowest BCUT2D eigenvalue weighted by Crippen LogP contribution is -2.13. The smallest absolute Gasteiger partial charge is 0.119 e. The van der Waals surface area contributed by atoms with Crippen LogP contribution in [0.2, 0.25) is 0 Å². The van der Waals surface area contributed by atoms with Gasteiger partial charge in [0.05, 0.1) is 46.2 Å². The average Bonchev–Trinajstić information content (AvgIpc) is 3.11. The van der Waals surface area contributed by atoms with Crippen LogP contribution in [-0.2, 0) is 14.2 Å². The number of hydrogen-bond acceptors (Lipinski definition) is 6. The van der Waals surface area contributed by atoms with Crippen LogP contribution in [0.5, 0.6) is 5.75 Å². The molecule has 0 aliphatic heterocycles. The SMILES string of the molecule is Nc1ccc(-c2ccc(/C(=C(\c3ccccc3)c3ccc(OCCOCCOCCOCCO)cc3)c3ccccc3)cc2)cc1. The van der Waals surface area contributed by atoms with Crippen molar-refractivity contribution in [3.8, 4) is 16.9 Å². The lowest BCUT2D eigenvalue weighted by atomic mass is 9.85. The molecule has 0 aromatic heterocycles. The van der Waals surface area contributed by atoms with Crippen LogP contribution in [-0.4, -0.2) is 58.0 Å². The summed E-state index contributed by atoms with van der Waals surface area (Å²) in [5.41, 5.74) is 15.7. The maximum atomic E-state index is 8.71. The second-order valence-electron chi connectivity index (χ2n) is 10.6. The molecular formula is C40H41NO5. The zero-order chi connectivity index (χ0) is 31.8. The lowest BCUT2D eigenvalue weighted by molar-refractivity contribution is 0.00361. The minimum Gasteiger partial charge on any atom is -0.491 e. The van der Waals surface area contributed by atoms with E-state index in [1.807, 2.05) is 36.4 Å². The molecule has 0 spiro atoms. The van der Waals surface area contributed by atoms with E-state index in [1.54, 1.807) is 0 Å². The van der Waals surface area contributed by atoms with Crippen LogP contribution in [0.15, 0.2) is 133 Å². The third kappa shape index (κ3) is 9.39. The molecule has 0 aliphatic rings. The molecule has 0 unspecified atom stereocenters. The van der Waals surface area contributed by atoms with E-state index in [9.17, 15) is 0 Å². The van der Waals surface area contributed by atoms with Crippen LogP contribution < -0.4 is 10.5 Å². The highest BCUT2D eigenvalue weighted by Crippen LogP contribution is 2.38. The van der Waals surface area contributed by atoms with Crippen molar-refractivity contribution in [3.63, 3.8) is 0 Å². The summed E-state index contributed by atoms with van der Waals surface area (Å²) in [6, 6.07) is 46.1. The van der Waals surface area contributed by atoms with Gasteiger partial charge in [0.25, 0.3) is 0 Å². The number of aliphatic hydroxyl groups excluding tert-OH is 1. The Morgan fingerprint density at radius 1 is 0.435 bits per heavy atom. The Kier molecular flexibility index (Phi) is 12.6. The Morgan fingerprint density at radius 3 is 1.30 bits per heavy atom. The third-order valence-electron chi connectivity index (χ3n) is 7.41. The minimum atomic E-state index is 0.0203. The maximum absolute atomic E-state index is 8.71. The number of rotatable bonds is 17. The van der Waals surface area contributed by atoms with Crippen molar-refractivity contribution in [2.24, 2.45) is 0 Å². The quantitative estimate of drug-likeness (QED) is 0.0646. The summed E-state index contributed by atoms with van der Waals surface area (Å²) in [5, 5.41) is 8.71. The highest BCUT2D eigenvalue weighted by atomic mass is 16.6. The van der Waals surface area contributed by atoms with Crippen molar-refractivity contribution in [1.29, 1.82) is 0 Å². The molecule has 0 aliphatic carbocycles. The predicted molar refractivity (Wildman–Crippen MR) is 186 cm³/mol. The van der Waals surface area contributed by atoms with Crippen molar-refractivity contribution in [3.05, 3.63) is 156 Å². The number of nitrogen functional groups attached to an aromatic ring is 1. The van der Waals surface area contributed by atoms with Crippen molar-refractivity contribution in [2.75, 3.05) is 58.6 Å². The van der Waals surface area contributed by atoms with E-state index in [2.05, 4.69) is 97.1 Å². The van der Waals surface area contributed by atoms with E-state index < -0.39 is 0 Å². The van der Waals surface area contributed by atoms with Crippen molar-refractivity contribution in [2.45, 2.75) is 0 Å². The standard InChI is InChI=1S/C40H41NO5/c41-37-19-15-32(16-20-37)31-11-13-35(14-12-31)39(33-7-3-1-4-8-33)40(34-9-5-2-6-10-34)36-17-21-38(22-18-36)46-30-29-45-28-27-44-26-25-43-24-23-42/h1-22,42H,23-30,41H2/b40-39+. The van der Waals surface area contributed by atoms with E-state index in [0.717, 1.165) is 56.0 Å². The Morgan fingerprint density at radius 2 is 0.826 bits per heavy atom. The maximum Gasteiger partial charge on any atom is 0.119 e. The average molecular weight is 616 g/mol. The van der Waals surface area contributed by atoms with E-state index in [4.69, 9.17) is 29.8 Å². The zero-order valence-electron chi connectivity index (χ0n) is 26.0. The summed E-state index contributed by atoms with van der Waals surface area (Å²) in [7, 11) is 0. The highest BCUT2D eigenvalue weighted by Gasteiger charge is 2.16. The van der Waals surface area contributed by atoms with Gasteiger partial charge in [-0.2, -0.15) is 0 Å². The summed E-state index contributed by atoms with van der Waals surface area (Å²) in [4.78, 5) is 0. The Bertz CT molecular complexity index is 1620. The fraction of sp³-hybridized carbons (Fsp3) is 0.200. The molecule has 6 heteroatoms. The molecule has 0 radical (unpaired) electrons. The van der Waals surface area contributed by atoms with Crippen LogP contribution >= 0.6 is 0 Å². The van der Waals surface area contributed by atoms with Gasteiger partial charge in [0.1, 0.15) is 12.4 Å². The topological polar surface area (TPSA) is 83.2 Å². The minimum absolute atomic E-state index is 0.0203. The molecule has 5 rings (SSSR count).